The molecule has 0 radical (unpaired) electrons. The van der Waals surface area contributed by atoms with E-state index in [0.29, 0.717) is 21.5 Å². The van der Waals surface area contributed by atoms with Gasteiger partial charge in [-0.05, 0) is 29.8 Å². The Morgan fingerprint density at radius 1 is 0.950 bits per heavy atom. The van der Waals surface area contributed by atoms with Gasteiger partial charge >= 0.3 is 0 Å². The van der Waals surface area contributed by atoms with Gasteiger partial charge in [-0.25, -0.2) is 0 Å². The van der Waals surface area contributed by atoms with E-state index in [-0.39, 0.29) is 4.83 Å². The van der Waals surface area contributed by atoms with Crippen LogP contribution in [0.15, 0.2) is 36.4 Å². The molecule has 2 aromatic carbocycles. The largest absolute Gasteiger partial charge is 0.493 e. The quantitative estimate of drug-likeness (QED) is 0.657. The number of hydrogen-bond donors (Lipinski definition) is 0. The summed E-state index contributed by atoms with van der Waals surface area (Å²) in [5, 5.41) is 1.24. The van der Waals surface area contributed by atoms with E-state index in [9.17, 15) is 0 Å². The fraction of sp³-hybridized carbons (Fsp3) is 0.200. The maximum absolute atomic E-state index is 6.24. The van der Waals surface area contributed by atoms with Gasteiger partial charge in [0.1, 0.15) is 0 Å². The summed E-state index contributed by atoms with van der Waals surface area (Å²) in [7, 11) is 3.21. The zero-order valence-corrected chi connectivity index (χ0v) is 14.1. The van der Waals surface area contributed by atoms with Crippen LogP contribution in [0.1, 0.15) is 16.0 Å². The number of benzene rings is 2. The van der Waals surface area contributed by atoms with Crippen molar-refractivity contribution in [3.63, 3.8) is 0 Å². The number of ether oxygens (including phenoxy) is 2. The fourth-order valence-corrected chi connectivity index (χ4v) is 3.59. The SMILES string of the molecule is COc1ccc(C(Br)c2c(Cl)cccc2Cl)cc1OC. The molecule has 0 fully saturated rings. The monoisotopic (exact) mass is 374 g/mol. The molecule has 0 aliphatic carbocycles. The first-order valence-electron chi connectivity index (χ1n) is 5.88. The number of alkyl halides is 1. The van der Waals surface area contributed by atoms with Crippen molar-refractivity contribution in [2.45, 2.75) is 4.83 Å². The van der Waals surface area contributed by atoms with Crippen LogP contribution in [-0.4, -0.2) is 14.2 Å². The van der Waals surface area contributed by atoms with Crippen molar-refractivity contribution in [2.24, 2.45) is 0 Å². The van der Waals surface area contributed by atoms with Gasteiger partial charge < -0.3 is 9.47 Å². The highest BCUT2D eigenvalue weighted by Gasteiger charge is 2.18. The smallest absolute Gasteiger partial charge is 0.161 e. The maximum atomic E-state index is 6.24. The second kappa shape index (κ2) is 6.70. The van der Waals surface area contributed by atoms with Gasteiger partial charge in [0.05, 0.1) is 19.0 Å². The van der Waals surface area contributed by atoms with Gasteiger partial charge in [-0.15, -0.1) is 0 Å². The van der Waals surface area contributed by atoms with Crippen LogP contribution in [0, 0.1) is 0 Å². The van der Waals surface area contributed by atoms with Crippen LogP contribution in [-0.2, 0) is 0 Å². The highest BCUT2D eigenvalue weighted by Crippen LogP contribution is 2.41. The van der Waals surface area contributed by atoms with Crippen LogP contribution in [0.4, 0.5) is 0 Å². The first-order chi connectivity index (χ1) is 9.58. The number of rotatable bonds is 4. The molecule has 106 valence electrons. The minimum atomic E-state index is -0.122. The predicted octanol–water partition coefficient (Wildman–Crippen LogP) is 5.49. The lowest BCUT2D eigenvalue weighted by atomic mass is 10.0. The lowest BCUT2D eigenvalue weighted by Gasteiger charge is -2.16. The predicted molar refractivity (Wildman–Crippen MR) is 86.8 cm³/mol. The van der Waals surface area contributed by atoms with E-state index in [1.165, 1.54) is 0 Å². The van der Waals surface area contributed by atoms with E-state index in [0.717, 1.165) is 11.1 Å². The molecular weight excluding hydrogens is 363 g/mol. The average Bonchev–Trinajstić information content (AvgIpc) is 2.46. The molecule has 1 unspecified atom stereocenters. The van der Waals surface area contributed by atoms with Crippen LogP contribution in [0.2, 0.25) is 10.0 Å². The average molecular weight is 376 g/mol. The van der Waals surface area contributed by atoms with Gasteiger partial charge in [0.2, 0.25) is 0 Å². The summed E-state index contributed by atoms with van der Waals surface area (Å²) in [6.07, 6.45) is 0. The molecule has 2 rings (SSSR count). The molecule has 5 heteroatoms. The van der Waals surface area contributed by atoms with Gasteiger partial charge in [0, 0.05) is 15.6 Å². The van der Waals surface area contributed by atoms with Crippen LogP contribution >= 0.6 is 39.1 Å². The van der Waals surface area contributed by atoms with Crippen molar-refractivity contribution in [3.05, 3.63) is 57.6 Å². The van der Waals surface area contributed by atoms with Gasteiger partial charge in [-0.3, -0.25) is 0 Å². The molecule has 0 heterocycles. The van der Waals surface area contributed by atoms with Crippen molar-refractivity contribution < 1.29 is 9.47 Å². The first-order valence-corrected chi connectivity index (χ1v) is 7.55. The Labute approximate surface area is 136 Å². The van der Waals surface area contributed by atoms with Gasteiger partial charge in [0.15, 0.2) is 11.5 Å². The summed E-state index contributed by atoms with van der Waals surface area (Å²) < 4.78 is 10.5. The topological polar surface area (TPSA) is 18.5 Å². The second-order valence-electron chi connectivity index (χ2n) is 4.11. The Morgan fingerprint density at radius 2 is 1.55 bits per heavy atom. The molecule has 2 aromatic rings. The van der Waals surface area contributed by atoms with E-state index in [4.69, 9.17) is 32.7 Å². The van der Waals surface area contributed by atoms with Gasteiger partial charge in [-0.1, -0.05) is 51.3 Å². The maximum Gasteiger partial charge on any atom is 0.161 e. The zero-order valence-electron chi connectivity index (χ0n) is 11.0. The third-order valence-electron chi connectivity index (χ3n) is 2.95. The lowest BCUT2D eigenvalue weighted by molar-refractivity contribution is 0.354. The molecule has 0 aliphatic heterocycles. The second-order valence-corrected chi connectivity index (χ2v) is 5.84. The Bertz CT molecular complexity index is 597. The van der Waals surface area contributed by atoms with Crippen molar-refractivity contribution in [3.8, 4) is 11.5 Å². The molecule has 2 nitrogen and oxygen atoms in total. The van der Waals surface area contributed by atoms with E-state index in [1.54, 1.807) is 14.2 Å². The van der Waals surface area contributed by atoms with Crippen molar-refractivity contribution in [2.75, 3.05) is 14.2 Å². The fourth-order valence-electron chi connectivity index (χ4n) is 1.93. The van der Waals surface area contributed by atoms with E-state index in [2.05, 4.69) is 15.9 Å². The van der Waals surface area contributed by atoms with Crippen molar-refractivity contribution in [1.82, 2.24) is 0 Å². The van der Waals surface area contributed by atoms with Crippen molar-refractivity contribution in [1.29, 1.82) is 0 Å². The lowest BCUT2D eigenvalue weighted by Crippen LogP contribution is -1.97. The molecule has 0 spiro atoms. The summed E-state index contributed by atoms with van der Waals surface area (Å²) in [6.45, 7) is 0. The number of hydrogen-bond acceptors (Lipinski definition) is 2. The molecule has 0 N–H and O–H groups in total. The Kier molecular flexibility index (Phi) is 5.19. The summed E-state index contributed by atoms with van der Waals surface area (Å²) in [4.78, 5) is -0.122. The molecule has 0 amide bonds. The highest BCUT2D eigenvalue weighted by molar-refractivity contribution is 9.09. The standard InChI is InChI=1S/C15H13BrCl2O2/c1-19-12-7-6-9(8-13(12)20-2)15(16)14-10(17)4-3-5-11(14)18/h3-8,15H,1-2H3. The third-order valence-corrected chi connectivity index (χ3v) is 4.60. The van der Waals surface area contributed by atoms with E-state index >= 15 is 0 Å². The molecule has 0 saturated carbocycles. The van der Waals surface area contributed by atoms with Gasteiger partial charge in [-0.2, -0.15) is 0 Å². The Morgan fingerprint density at radius 3 is 2.10 bits per heavy atom. The minimum absolute atomic E-state index is 0.122. The molecule has 20 heavy (non-hydrogen) atoms. The van der Waals surface area contributed by atoms with Crippen molar-refractivity contribution >= 4 is 39.1 Å². The zero-order chi connectivity index (χ0) is 14.7. The number of methoxy groups -OCH3 is 2. The van der Waals surface area contributed by atoms with E-state index in [1.807, 2.05) is 36.4 Å². The Hall–Kier alpha value is -0.900. The van der Waals surface area contributed by atoms with Crippen LogP contribution in [0.3, 0.4) is 0 Å². The third kappa shape index (κ3) is 3.05. The van der Waals surface area contributed by atoms with Gasteiger partial charge in [0.25, 0.3) is 0 Å². The Balaban J connectivity index is 2.46. The summed E-state index contributed by atoms with van der Waals surface area (Å²) in [5.41, 5.74) is 1.82. The summed E-state index contributed by atoms with van der Waals surface area (Å²) in [6, 6.07) is 11.2. The molecule has 1 atom stereocenters. The molecule has 0 aromatic heterocycles. The number of halogens is 3. The van der Waals surface area contributed by atoms with Crippen LogP contribution in [0.25, 0.3) is 0 Å². The summed E-state index contributed by atoms with van der Waals surface area (Å²) >= 11 is 16.1. The molecule has 0 saturated heterocycles. The van der Waals surface area contributed by atoms with Crippen LogP contribution in [0.5, 0.6) is 11.5 Å². The molecule has 0 bridgehead atoms. The summed E-state index contributed by atoms with van der Waals surface area (Å²) in [5.74, 6) is 1.35. The first kappa shape index (κ1) is 15.5. The normalized spacial score (nSPS) is 12.1. The highest BCUT2D eigenvalue weighted by atomic mass is 79.9. The molecular formula is C15H13BrCl2O2. The molecule has 0 aliphatic rings. The minimum Gasteiger partial charge on any atom is -0.493 e. The van der Waals surface area contributed by atoms with Crippen LogP contribution < -0.4 is 9.47 Å². The van der Waals surface area contributed by atoms with E-state index < -0.39 is 0 Å².